The Labute approximate surface area is 69.9 Å². The van der Waals surface area contributed by atoms with E-state index in [0.717, 1.165) is 0 Å². The van der Waals surface area contributed by atoms with Crippen molar-refractivity contribution in [1.29, 1.82) is 0 Å². The Morgan fingerprint density at radius 1 is 1.45 bits per heavy atom. The largest absolute Gasteiger partial charge is 0.415 e. The molecule has 0 saturated heterocycles. The highest BCUT2D eigenvalue weighted by Crippen LogP contribution is 1.91. The van der Waals surface area contributed by atoms with E-state index < -0.39 is 0 Å². The Bertz CT molecular complexity index is 278. The first-order chi connectivity index (χ1) is 5.29. The second-order valence-corrected chi connectivity index (χ2v) is 2.20. The number of rotatable bonds is 3. The average molecular weight is 174 g/mol. The average Bonchev–Trinajstić information content (AvgIpc) is 2.34. The van der Waals surface area contributed by atoms with Gasteiger partial charge in [-0.2, -0.15) is 9.46 Å². The van der Waals surface area contributed by atoms with Crippen LogP contribution in [0.5, 0.6) is 0 Å². The highest BCUT2D eigenvalue weighted by molar-refractivity contribution is 7.71. The van der Waals surface area contributed by atoms with E-state index in [9.17, 15) is 0 Å². The molecule has 5 heteroatoms. The molecule has 0 aromatic carbocycles. The minimum Gasteiger partial charge on any atom is -0.415 e. The number of nitrogens with zero attached hydrogens (tertiary/aromatic N) is 2. The van der Waals surface area contributed by atoms with Crippen LogP contribution in [0.2, 0.25) is 0 Å². The van der Waals surface area contributed by atoms with Crippen molar-refractivity contribution in [2.24, 2.45) is 0 Å². The lowest BCUT2D eigenvalue weighted by molar-refractivity contribution is 0.0983. The molecule has 62 valence electrons. The molecule has 0 spiro atoms. The monoisotopic (exact) mass is 174 g/mol. The molecule has 0 aliphatic carbocycles. The van der Waals surface area contributed by atoms with Gasteiger partial charge in [0.15, 0.2) is 0 Å². The third kappa shape index (κ3) is 1.54. The molecule has 1 aromatic heterocycles. The summed E-state index contributed by atoms with van der Waals surface area (Å²) in [4.78, 5) is 10.0. The zero-order valence-corrected chi connectivity index (χ0v) is 7.30. The van der Waals surface area contributed by atoms with Gasteiger partial charge < -0.3 is 9.68 Å². The number of hydrogen-bond donors (Lipinski definition) is 0. The Morgan fingerprint density at radius 2 is 2.09 bits per heavy atom. The summed E-state index contributed by atoms with van der Waals surface area (Å²) >= 11 is 4.97. The predicted molar refractivity (Wildman–Crippen MR) is 42.9 cm³/mol. The smallest absolute Gasteiger partial charge is 0.247 e. The lowest BCUT2D eigenvalue weighted by atomic mass is 10.9. The van der Waals surface area contributed by atoms with Crippen LogP contribution in [0.3, 0.4) is 0 Å². The molecule has 0 atom stereocenters. The summed E-state index contributed by atoms with van der Waals surface area (Å²) < 4.78 is 3.43. The van der Waals surface area contributed by atoms with Gasteiger partial charge in [-0.15, -0.1) is 0 Å². The fourth-order valence-electron chi connectivity index (χ4n) is 0.722. The molecule has 0 fully saturated rings. The van der Waals surface area contributed by atoms with Crippen LogP contribution in [0.15, 0.2) is 12.4 Å². The second kappa shape index (κ2) is 3.43. The van der Waals surface area contributed by atoms with Gasteiger partial charge in [-0.05, 0) is 19.1 Å². The van der Waals surface area contributed by atoms with Crippen molar-refractivity contribution < 1.29 is 9.68 Å². The molecule has 0 radical (unpaired) electrons. The third-order valence-electron chi connectivity index (χ3n) is 1.18. The molecule has 0 N–H and O–H groups in total. The molecule has 0 aliphatic heterocycles. The summed E-state index contributed by atoms with van der Waals surface area (Å²) in [7, 11) is 1.55. The Morgan fingerprint density at radius 3 is 2.55 bits per heavy atom. The van der Waals surface area contributed by atoms with Gasteiger partial charge in [0.2, 0.25) is 4.77 Å². The normalized spacial score (nSPS) is 9.64. The summed E-state index contributed by atoms with van der Waals surface area (Å²) in [6, 6.07) is 0. The van der Waals surface area contributed by atoms with E-state index in [2.05, 4.69) is 0 Å². The quantitative estimate of drug-likeness (QED) is 0.626. The Kier molecular flexibility index (Phi) is 2.53. The third-order valence-corrected chi connectivity index (χ3v) is 1.54. The zero-order chi connectivity index (χ0) is 8.27. The van der Waals surface area contributed by atoms with Crippen molar-refractivity contribution in [3.8, 4) is 0 Å². The number of hydrogen-bond acceptors (Lipinski definition) is 3. The van der Waals surface area contributed by atoms with Crippen LogP contribution in [-0.2, 0) is 0 Å². The van der Waals surface area contributed by atoms with Gasteiger partial charge in [0.05, 0.1) is 12.4 Å². The second-order valence-electron chi connectivity index (χ2n) is 1.83. The van der Waals surface area contributed by atoms with Crippen molar-refractivity contribution in [3.63, 3.8) is 0 Å². The van der Waals surface area contributed by atoms with E-state index in [4.69, 9.17) is 21.9 Å². The van der Waals surface area contributed by atoms with Crippen LogP contribution in [0.25, 0.3) is 0 Å². The molecule has 11 heavy (non-hydrogen) atoms. The predicted octanol–water partition coefficient (Wildman–Crippen LogP) is 0.526. The van der Waals surface area contributed by atoms with E-state index in [-0.39, 0.29) is 0 Å². The van der Waals surface area contributed by atoms with Gasteiger partial charge in [-0.1, -0.05) is 0 Å². The summed E-state index contributed by atoms with van der Waals surface area (Å²) in [6.45, 7) is 2.48. The van der Waals surface area contributed by atoms with E-state index in [1.807, 2.05) is 6.92 Å². The molecule has 4 nitrogen and oxygen atoms in total. The molecule has 0 bridgehead atoms. The topological polar surface area (TPSA) is 28.3 Å². The fraction of sp³-hybridized carbons (Fsp3) is 0.500. The van der Waals surface area contributed by atoms with Gasteiger partial charge in [-0.25, -0.2) is 0 Å². The summed E-state index contributed by atoms with van der Waals surface area (Å²) in [5.74, 6) is 0. The van der Waals surface area contributed by atoms with Crippen molar-refractivity contribution in [2.45, 2.75) is 6.92 Å². The van der Waals surface area contributed by atoms with Crippen LogP contribution in [0, 0.1) is 4.77 Å². The van der Waals surface area contributed by atoms with Crippen LogP contribution < -0.4 is 9.68 Å². The minimum atomic E-state index is 0.495. The van der Waals surface area contributed by atoms with Gasteiger partial charge in [0, 0.05) is 0 Å². The maximum Gasteiger partial charge on any atom is 0.247 e. The lowest BCUT2D eigenvalue weighted by Crippen LogP contribution is -2.12. The molecule has 1 heterocycles. The summed E-state index contributed by atoms with van der Waals surface area (Å²) in [5, 5.41) is 0. The van der Waals surface area contributed by atoms with Gasteiger partial charge >= 0.3 is 0 Å². The first-order valence-electron chi connectivity index (χ1n) is 3.27. The molecule has 0 unspecified atom stereocenters. The van der Waals surface area contributed by atoms with Gasteiger partial charge in [0.25, 0.3) is 0 Å². The van der Waals surface area contributed by atoms with Gasteiger partial charge in [0.1, 0.15) is 13.7 Å². The van der Waals surface area contributed by atoms with Crippen LogP contribution in [-0.4, -0.2) is 23.2 Å². The molecule has 0 aliphatic rings. The van der Waals surface area contributed by atoms with Crippen LogP contribution in [0.4, 0.5) is 0 Å². The highest BCUT2D eigenvalue weighted by atomic mass is 32.1. The Hall–Kier alpha value is -0.970. The van der Waals surface area contributed by atoms with E-state index in [1.54, 1.807) is 19.5 Å². The fourth-order valence-corrected chi connectivity index (χ4v) is 0.971. The first-order valence-corrected chi connectivity index (χ1v) is 3.68. The first kappa shape index (κ1) is 8.13. The molecule has 1 aromatic rings. The van der Waals surface area contributed by atoms with Gasteiger partial charge in [-0.3, -0.25) is 0 Å². The molecular formula is C6H10N2O2S. The lowest BCUT2D eigenvalue weighted by Gasteiger charge is -2.01. The summed E-state index contributed by atoms with van der Waals surface area (Å²) in [5.41, 5.74) is 0. The maximum absolute atomic E-state index is 5.13. The highest BCUT2D eigenvalue weighted by Gasteiger charge is 1.96. The summed E-state index contributed by atoms with van der Waals surface area (Å²) in [6.07, 6.45) is 3.40. The maximum atomic E-state index is 5.13. The minimum absolute atomic E-state index is 0.495. The number of imidazole rings is 1. The molecule has 1 rings (SSSR count). The molecular weight excluding hydrogens is 164 g/mol. The van der Waals surface area contributed by atoms with E-state index in [1.165, 1.54) is 9.46 Å². The van der Waals surface area contributed by atoms with Crippen LogP contribution >= 0.6 is 12.2 Å². The van der Waals surface area contributed by atoms with Crippen molar-refractivity contribution in [2.75, 3.05) is 13.7 Å². The molecule has 0 saturated carbocycles. The van der Waals surface area contributed by atoms with Crippen LogP contribution in [0.1, 0.15) is 6.92 Å². The molecule has 0 amide bonds. The SMILES string of the molecule is CCOn1ccn(OC)c1=S. The van der Waals surface area contributed by atoms with E-state index in [0.29, 0.717) is 11.4 Å². The zero-order valence-electron chi connectivity index (χ0n) is 6.48. The van der Waals surface area contributed by atoms with Crippen molar-refractivity contribution >= 4 is 12.2 Å². The standard InChI is InChI=1S/C6H10N2O2S/c1-3-10-8-5-4-7(9-2)6(8)11/h4-5H,3H2,1-2H3. The Balaban J connectivity index is 2.92. The van der Waals surface area contributed by atoms with Crippen molar-refractivity contribution in [1.82, 2.24) is 9.46 Å². The number of aromatic nitrogens is 2. The van der Waals surface area contributed by atoms with Crippen molar-refractivity contribution in [3.05, 3.63) is 17.2 Å². The van der Waals surface area contributed by atoms with E-state index >= 15 is 0 Å².